The zero-order valence-electron chi connectivity index (χ0n) is 34.9. The second kappa shape index (κ2) is 21.6. The molecule has 0 aliphatic carbocycles. The predicted octanol–water partition coefficient (Wildman–Crippen LogP) is 6.44. The number of aliphatic carboxylic acids is 1. The van der Waals surface area contributed by atoms with Crippen molar-refractivity contribution in [2.75, 3.05) is 30.4 Å². The number of ether oxygens (including phenoxy) is 2. The van der Waals surface area contributed by atoms with Gasteiger partial charge in [-0.05, 0) is 87.2 Å². The van der Waals surface area contributed by atoms with Gasteiger partial charge >= 0.3 is 5.97 Å². The van der Waals surface area contributed by atoms with Gasteiger partial charge in [-0.15, -0.1) is 12.4 Å². The number of nitrogens with two attached hydrogens (primary N) is 1. The molecule has 21 heteroatoms. The Hall–Kier alpha value is -7.45. The van der Waals surface area contributed by atoms with Crippen LogP contribution in [-0.4, -0.2) is 95.2 Å². The van der Waals surface area contributed by atoms with Gasteiger partial charge in [0.25, 0.3) is 0 Å². The van der Waals surface area contributed by atoms with Gasteiger partial charge in [0.15, 0.2) is 11.3 Å². The number of carboxylic acid groups (broad SMARTS) is 1. The highest BCUT2D eigenvalue weighted by Gasteiger charge is 2.13. The molecule has 332 valence electrons. The summed E-state index contributed by atoms with van der Waals surface area (Å²) in [5, 5.41) is 23.7. The average Bonchev–Trinajstić information content (AvgIpc) is 4.13. The summed E-state index contributed by atoms with van der Waals surface area (Å²) in [7, 11) is 0. The molecule has 6 aromatic heterocycles. The summed E-state index contributed by atoms with van der Waals surface area (Å²) in [5.41, 5.74) is 11.7. The fraction of sp³-hybridized carbons (Fsp3) is 0.302. The third-order valence-corrected chi connectivity index (χ3v) is 9.95. The molecule has 2 aliphatic rings. The number of aryl methyl sites for hydroxylation is 2. The van der Waals surface area contributed by atoms with Gasteiger partial charge in [0.2, 0.25) is 11.9 Å². The molecule has 0 fully saturated rings. The number of carboxylic acids is 1. The first-order chi connectivity index (χ1) is 30.9. The summed E-state index contributed by atoms with van der Waals surface area (Å²) in [6.45, 7) is 3.01. The molecule has 0 amide bonds. The summed E-state index contributed by atoms with van der Waals surface area (Å²) in [6, 6.07) is 15.2. The predicted molar refractivity (Wildman–Crippen MR) is 241 cm³/mol. The molecule has 0 saturated heterocycles. The van der Waals surface area contributed by atoms with Gasteiger partial charge in [-0.2, -0.15) is 20.2 Å². The van der Waals surface area contributed by atoms with Crippen molar-refractivity contribution in [3.05, 3.63) is 98.4 Å². The number of aromatic nitrogens is 12. The molecule has 0 radical (unpaired) electrons. The van der Waals surface area contributed by atoms with E-state index in [1.54, 1.807) is 37.4 Å². The van der Waals surface area contributed by atoms with Gasteiger partial charge in [-0.1, -0.05) is 0 Å². The molecule has 0 spiro atoms. The third kappa shape index (κ3) is 11.7. The van der Waals surface area contributed by atoms with Gasteiger partial charge < -0.3 is 30.9 Å². The molecule has 8 heterocycles. The molecule has 64 heavy (non-hydrogen) atoms. The van der Waals surface area contributed by atoms with Crippen LogP contribution in [-0.2, 0) is 22.7 Å². The van der Waals surface area contributed by atoms with Crippen LogP contribution in [0.15, 0.2) is 98.4 Å². The molecule has 10 rings (SSSR count). The standard InChI is InChI=1S/C22H23N7O2.C21H24N8O3.ClH/c30-18-4-1-2-10-28-14-16(12-25-28)26-22-23-13-20-21(27-22)29(15-24-20)17-6-8-19(9-7-17)31-11-3-5-18;22-8-2-9-28-13-15(11-25-28)26-21-23-12-18-20(27-21)29(14-24-18)16-4-6-17(7-5-16)32-10-1-3-19(30)31;/h6-9,12-15H,1-5,10-11H2,(H,23,26,27);4-7,11-14H,1-3,8-10,22H2,(H,30,31)(H,23,26,27);1H. The van der Waals surface area contributed by atoms with Crippen LogP contribution in [0.25, 0.3) is 33.7 Å². The van der Waals surface area contributed by atoms with Crippen LogP contribution >= 0.6 is 12.4 Å². The van der Waals surface area contributed by atoms with E-state index in [0.29, 0.717) is 79.0 Å². The second-order valence-corrected chi connectivity index (χ2v) is 14.7. The monoisotopic (exact) mass is 889 g/mol. The van der Waals surface area contributed by atoms with E-state index in [1.807, 2.05) is 79.4 Å². The maximum atomic E-state index is 12.1. The van der Waals surface area contributed by atoms with E-state index in [0.717, 1.165) is 67.3 Å². The maximum absolute atomic E-state index is 12.1. The number of hydrogen-bond acceptors (Lipinski definition) is 15. The van der Waals surface area contributed by atoms with Crippen LogP contribution in [0.3, 0.4) is 0 Å². The van der Waals surface area contributed by atoms with E-state index in [9.17, 15) is 9.59 Å². The lowest BCUT2D eigenvalue weighted by molar-refractivity contribution is -0.137. The normalized spacial score (nSPS) is 13.0. The van der Waals surface area contributed by atoms with Gasteiger partial charge in [0.05, 0.1) is 49.4 Å². The minimum atomic E-state index is -0.827. The number of nitrogens with one attached hydrogen (secondary N) is 2. The lowest BCUT2D eigenvalue weighted by atomic mass is 10.1. The second-order valence-electron chi connectivity index (χ2n) is 14.7. The number of nitrogens with zero attached hydrogens (tertiary/aromatic N) is 12. The van der Waals surface area contributed by atoms with Crippen molar-refractivity contribution in [1.82, 2.24) is 58.6 Å². The van der Waals surface area contributed by atoms with Gasteiger partial charge in [-0.3, -0.25) is 28.1 Å². The first-order valence-electron chi connectivity index (χ1n) is 20.8. The quantitative estimate of drug-likeness (QED) is 0.102. The van der Waals surface area contributed by atoms with Crippen LogP contribution in [0.1, 0.15) is 51.4 Å². The fourth-order valence-electron chi connectivity index (χ4n) is 6.73. The van der Waals surface area contributed by atoms with Crippen molar-refractivity contribution >= 4 is 69.8 Å². The maximum Gasteiger partial charge on any atom is 0.303 e. The van der Waals surface area contributed by atoms with E-state index in [4.69, 9.17) is 20.3 Å². The Bertz CT molecular complexity index is 2770. The lowest BCUT2D eigenvalue weighted by Gasteiger charge is -2.08. The molecule has 6 bridgehead atoms. The first-order valence-corrected chi connectivity index (χ1v) is 20.8. The molecule has 20 nitrogen and oxygen atoms in total. The van der Waals surface area contributed by atoms with Crippen LogP contribution in [0.5, 0.6) is 11.5 Å². The minimum absolute atomic E-state index is 0. The Morgan fingerprint density at radius 3 is 2.30 bits per heavy atom. The number of fused-ring (bicyclic) bond motifs is 11. The topological polar surface area (TPSA) is 246 Å². The number of ketones is 1. The van der Waals surface area contributed by atoms with Crippen LogP contribution in [0.2, 0.25) is 0 Å². The number of carbonyl (C=O) groups excluding carboxylic acids is 1. The molecule has 2 aliphatic heterocycles. The summed E-state index contributed by atoms with van der Waals surface area (Å²) in [5.74, 6) is 1.83. The molecule has 0 unspecified atom stereocenters. The highest BCUT2D eigenvalue weighted by molar-refractivity contribution is 5.85. The number of Topliss-reactive ketones (excluding diaryl/α,β-unsaturated/α-hetero) is 1. The van der Waals surface area contributed by atoms with Crippen LogP contribution in [0, 0.1) is 0 Å². The number of hydrogen-bond donors (Lipinski definition) is 4. The van der Waals surface area contributed by atoms with Gasteiger partial charge in [0, 0.05) is 56.1 Å². The smallest absolute Gasteiger partial charge is 0.303 e. The molecule has 5 N–H and O–H groups in total. The highest BCUT2D eigenvalue weighted by atomic mass is 35.5. The van der Waals surface area contributed by atoms with E-state index in [-0.39, 0.29) is 24.6 Å². The number of benzene rings is 2. The van der Waals surface area contributed by atoms with Gasteiger partial charge in [0.1, 0.15) is 41.0 Å². The molecule has 0 atom stereocenters. The number of rotatable bonds is 11. The number of anilines is 4. The van der Waals surface area contributed by atoms with Crippen molar-refractivity contribution in [3.63, 3.8) is 0 Å². The van der Waals surface area contributed by atoms with E-state index >= 15 is 0 Å². The molecular formula is C43H48ClN15O5. The summed E-state index contributed by atoms with van der Waals surface area (Å²) < 4.78 is 18.9. The zero-order chi connectivity index (χ0) is 43.4. The molecule has 0 saturated carbocycles. The zero-order valence-corrected chi connectivity index (χ0v) is 35.7. The average molecular weight is 890 g/mol. The number of halogens is 1. The molecule has 2 aromatic carbocycles. The molecular weight excluding hydrogens is 842 g/mol. The van der Waals surface area contributed by atoms with Crippen LogP contribution in [0.4, 0.5) is 23.3 Å². The van der Waals surface area contributed by atoms with Crippen molar-refractivity contribution in [1.29, 1.82) is 0 Å². The van der Waals surface area contributed by atoms with E-state index < -0.39 is 5.97 Å². The first kappa shape index (κ1) is 44.6. The van der Waals surface area contributed by atoms with E-state index in [2.05, 4.69) is 50.7 Å². The summed E-state index contributed by atoms with van der Waals surface area (Å²) in [4.78, 5) is 49.4. The Labute approximate surface area is 373 Å². The SMILES string of the molecule is Cl.NCCCn1cc(Nc2ncc3ncn(-c4ccc(OCCCC(=O)O)cc4)c3n2)cn1.O=C1CCCCn2cc(cn2)Nc2ncc3ncn(c3n2)-c2ccc(cc2)OCCC1. The summed E-state index contributed by atoms with van der Waals surface area (Å²) in [6.07, 6.45) is 19.1. The van der Waals surface area contributed by atoms with Crippen molar-refractivity contribution in [2.45, 2.75) is 64.5 Å². The largest absolute Gasteiger partial charge is 0.494 e. The Kier molecular flexibility index (Phi) is 15.0. The fourth-order valence-corrected chi connectivity index (χ4v) is 6.73. The Morgan fingerprint density at radius 1 is 0.828 bits per heavy atom. The van der Waals surface area contributed by atoms with Gasteiger partial charge in [-0.25, -0.2) is 19.9 Å². The van der Waals surface area contributed by atoms with Crippen LogP contribution < -0.4 is 25.8 Å². The van der Waals surface area contributed by atoms with Crippen molar-refractivity contribution in [3.8, 4) is 22.9 Å². The number of carbonyl (C=O) groups is 2. The van der Waals surface area contributed by atoms with E-state index in [1.165, 1.54) is 0 Å². The Balaban J connectivity index is 0.000000189. The molecule has 8 aromatic rings. The van der Waals surface area contributed by atoms with Crippen molar-refractivity contribution < 1.29 is 24.2 Å². The lowest BCUT2D eigenvalue weighted by Crippen LogP contribution is -2.05. The summed E-state index contributed by atoms with van der Waals surface area (Å²) >= 11 is 0. The Morgan fingerprint density at radius 2 is 1.55 bits per heavy atom. The highest BCUT2D eigenvalue weighted by Crippen LogP contribution is 2.24. The van der Waals surface area contributed by atoms with Crippen molar-refractivity contribution in [2.24, 2.45) is 5.73 Å². The third-order valence-electron chi connectivity index (χ3n) is 9.95. The number of imidazole rings is 2. The minimum Gasteiger partial charge on any atom is -0.494 e.